The second-order valence-corrected chi connectivity index (χ2v) is 8.29. The Morgan fingerprint density at radius 3 is 2.10 bits per heavy atom. The molecule has 3 aromatic rings. The van der Waals surface area contributed by atoms with Gasteiger partial charge >= 0.3 is 12.1 Å². The molecule has 0 aromatic heterocycles. The van der Waals surface area contributed by atoms with Crippen LogP contribution in [-0.4, -0.2) is 36.1 Å². The molecule has 0 spiro atoms. The molecule has 3 aromatic carbocycles. The smallest absolute Gasteiger partial charge is 0.407 e. The van der Waals surface area contributed by atoms with Crippen molar-refractivity contribution in [2.24, 2.45) is 0 Å². The van der Waals surface area contributed by atoms with Crippen molar-refractivity contribution in [3.63, 3.8) is 0 Å². The van der Waals surface area contributed by atoms with Gasteiger partial charge in [-0.3, -0.25) is 0 Å². The van der Waals surface area contributed by atoms with Gasteiger partial charge in [0.2, 0.25) is 0 Å². The Hall–Kier alpha value is -3.25. The van der Waals surface area contributed by atoms with Crippen LogP contribution >= 0.6 is 11.8 Å². The van der Waals surface area contributed by atoms with Crippen molar-refractivity contribution in [2.45, 2.75) is 23.3 Å². The van der Waals surface area contributed by atoms with E-state index in [0.717, 1.165) is 32.7 Å². The Morgan fingerprint density at radius 2 is 1.55 bits per heavy atom. The molecule has 1 amide bonds. The molecule has 0 aliphatic heterocycles. The van der Waals surface area contributed by atoms with Crippen molar-refractivity contribution in [3.8, 4) is 11.1 Å². The Morgan fingerprint density at radius 1 is 0.968 bits per heavy atom. The average molecular weight is 434 g/mol. The Balaban J connectivity index is 1.41. The minimum atomic E-state index is -1.09. The lowest BCUT2D eigenvalue weighted by atomic mass is 9.98. The Kier molecular flexibility index (Phi) is 6.28. The number of carbonyl (C=O) groups excluding carboxylic acids is 1. The number of hydrogen-bond acceptors (Lipinski definition) is 4. The van der Waals surface area contributed by atoms with E-state index < -0.39 is 18.1 Å². The third-order valence-corrected chi connectivity index (χ3v) is 6.28. The molecule has 0 saturated heterocycles. The molecule has 0 bridgehead atoms. The molecule has 0 fully saturated rings. The number of hydrogen-bond donors (Lipinski definition) is 2. The highest BCUT2D eigenvalue weighted by molar-refractivity contribution is 7.98. The van der Waals surface area contributed by atoms with E-state index >= 15 is 0 Å². The number of carboxylic acids is 1. The van der Waals surface area contributed by atoms with E-state index in [9.17, 15) is 14.7 Å². The zero-order valence-electron chi connectivity index (χ0n) is 17.1. The summed E-state index contributed by atoms with van der Waals surface area (Å²) in [5, 5.41) is 12.0. The Bertz CT molecular complexity index is 1050. The molecular weight excluding hydrogens is 410 g/mol. The van der Waals surface area contributed by atoms with Gasteiger partial charge in [0.05, 0.1) is 0 Å². The SMILES string of the molecule is CSc1ccc(CC(NC(=O)OCC2c3ccccc3-c3ccccc32)C(=O)O)cc1. The number of aliphatic carboxylic acids is 1. The standard InChI is InChI=1S/C25H23NO4S/c1-31-17-12-10-16(11-13-17)14-23(24(27)28)26-25(29)30-15-22-20-8-4-2-6-18(20)19-7-3-5-9-21(19)22/h2-13,22-23H,14-15H2,1H3,(H,26,29)(H,27,28). The molecule has 1 atom stereocenters. The normalized spacial score (nSPS) is 13.2. The highest BCUT2D eigenvalue weighted by Crippen LogP contribution is 2.44. The number of nitrogens with one attached hydrogen (secondary N) is 1. The van der Waals surface area contributed by atoms with E-state index in [0.29, 0.717) is 0 Å². The third-order valence-electron chi connectivity index (χ3n) is 5.53. The van der Waals surface area contributed by atoms with Crippen molar-refractivity contribution in [3.05, 3.63) is 89.5 Å². The second kappa shape index (κ2) is 9.27. The van der Waals surface area contributed by atoms with Crippen LogP contribution in [0.3, 0.4) is 0 Å². The molecule has 31 heavy (non-hydrogen) atoms. The summed E-state index contributed by atoms with van der Waals surface area (Å²) in [4.78, 5) is 25.2. The van der Waals surface area contributed by atoms with E-state index in [1.54, 1.807) is 11.8 Å². The lowest BCUT2D eigenvalue weighted by molar-refractivity contribution is -0.139. The van der Waals surface area contributed by atoms with Gasteiger partial charge in [0.15, 0.2) is 0 Å². The zero-order valence-corrected chi connectivity index (χ0v) is 17.9. The number of alkyl carbamates (subject to hydrolysis) is 1. The van der Waals surface area contributed by atoms with Crippen LogP contribution in [-0.2, 0) is 16.0 Å². The van der Waals surface area contributed by atoms with Crippen LogP contribution in [0.2, 0.25) is 0 Å². The van der Waals surface area contributed by atoms with Gasteiger partial charge in [-0.05, 0) is 46.2 Å². The van der Waals surface area contributed by atoms with Gasteiger partial charge in [-0.2, -0.15) is 0 Å². The molecule has 4 rings (SSSR count). The molecule has 0 radical (unpaired) electrons. The predicted octanol–water partition coefficient (Wildman–Crippen LogP) is 4.94. The number of amides is 1. The van der Waals surface area contributed by atoms with Crippen LogP contribution in [0.15, 0.2) is 77.7 Å². The van der Waals surface area contributed by atoms with E-state index in [1.807, 2.05) is 66.9 Å². The number of carboxylic acid groups (broad SMARTS) is 1. The fourth-order valence-corrected chi connectivity index (χ4v) is 4.39. The lowest BCUT2D eigenvalue weighted by Crippen LogP contribution is -2.42. The maximum absolute atomic E-state index is 12.4. The highest BCUT2D eigenvalue weighted by Gasteiger charge is 2.29. The summed E-state index contributed by atoms with van der Waals surface area (Å²) in [7, 11) is 0. The number of fused-ring (bicyclic) bond motifs is 3. The predicted molar refractivity (Wildman–Crippen MR) is 122 cm³/mol. The molecule has 1 aliphatic rings. The number of carbonyl (C=O) groups is 2. The summed E-state index contributed by atoms with van der Waals surface area (Å²) in [6, 6.07) is 22.7. The van der Waals surface area contributed by atoms with Crippen LogP contribution in [0.25, 0.3) is 11.1 Å². The molecular formula is C25H23NO4S. The van der Waals surface area contributed by atoms with E-state index in [2.05, 4.69) is 17.4 Å². The van der Waals surface area contributed by atoms with Crippen LogP contribution < -0.4 is 5.32 Å². The first-order valence-electron chi connectivity index (χ1n) is 10.0. The average Bonchev–Trinajstić information content (AvgIpc) is 3.11. The van der Waals surface area contributed by atoms with Crippen molar-refractivity contribution < 1.29 is 19.4 Å². The van der Waals surface area contributed by atoms with Gasteiger partial charge in [0.25, 0.3) is 0 Å². The van der Waals surface area contributed by atoms with E-state index in [4.69, 9.17) is 4.74 Å². The zero-order chi connectivity index (χ0) is 21.8. The van der Waals surface area contributed by atoms with E-state index in [1.165, 1.54) is 0 Å². The molecule has 2 N–H and O–H groups in total. The minimum absolute atomic E-state index is 0.0690. The summed E-state index contributed by atoms with van der Waals surface area (Å²) < 4.78 is 5.48. The largest absolute Gasteiger partial charge is 0.480 e. The van der Waals surface area contributed by atoms with Gasteiger partial charge in [0, 0.05) is 17.2 Å². The van der Waals surface area contributed by atoms with Gasteiger partial charge in [0.1, 0.15) is 12.6 Å². The van der Waals surface area contributed by atoms with Crippen LogP contribution in [0.4, 0.5) is 4.79 Å². The number of ether oxygens (including phenoxy) is 1. The quantitative estimate of drug-likeness (QED) is 0.516. The molecule has 158 valence electrons. The van der Waals surface area contributed by atoms with Crippen molar-refractivity contribution in [1.82, 2.24) is 5.32 Å². The first-order valence-corrected chi connectivity index (χ1v) is 11.3. The number of thioether (sulfide) groups is 1. The molecule has 6 heteroatoms. The van der Waals surface area contributed by atoms with Gasteiger partial charge in [-0.15, -0.1) is 11.8 Å². The summed E-state index contributed by atoms with van der Waals surface area (Å²) in [6.45, 7) is 0.147. The molecule has 1 aliphatic carbocycles. The first-order chi connectivity index (χ1) is 15.1. The monoisotopic (exact) mass is 433 g/mol. The second-order valence-electron chi connectivity index (χ2n) is 7.41. The summed E-state index contributed by atoms with van der Waals surface area (Å²) in [6.07, 6.45) is 1.44. The van der Waals surface area contributed by atoms with Gasteiger partial charge in [-0.25, -0.2) is 9.59 Å². The minimum Gasteiger partial charge on any atom is -0.480 e. The molecule has 0 saturated carbocycles. The van der Waals surface area contributed by atoms with Crippen LogP contribution in [0, 0.1) is 0 Å². The molecule has 0 heterocycles. The van der Waals surface area contributed by atoms with Crippen molar-refractivity contribution in [2.75, 3.05) is 12.9 Å². The summed E-state index contributed by atoms with van der Waals surface area (Å²) in [5.41, 5.74) is 5.35. The topological polar surface area (TPSA) is 75.6 Å². The van der Waals surface area contributed by atoms with Gasteiger partial charge < -0.3 is 15.2 Å². The van der Waals surface area contributed by atoms with E-state index in [-0.39, 0.29) is 18.9 Å². The van der Waals surface area contributed by atoms with Crippen molar-refractivity contribution in [1.29, 1.82) is 0 Å². The Labute approximate surface area is 185 Å². The first kappa shape index (κ1) is 21.0. The fourth-order valence-electron chi connectivity index (χ4n) is 3.98. The number of rotatable bonds is 7. The molecule has 5 nitrogen and oxygen atoms in total. The maximum atomic E-state index is 12.4. The van der Waals surface area contributed by atoms with Gasteiger partial charge in [-0.1, -0.05) is 60.7 Å². The summed E-state index contributed by atoms with van der Waals surface area (Å²) in [5.74, 6) is -1.16. The van der Waals surface area contributed by atoms with Crippen LogP contribution in [0.5, 0.6) is 0 Å². The third kappa shape index (κ3) is 4.59. The molecule has 1 unspecified atom stereocenters. The maximum Gasteiger partial charge on any atom is 0.407 e. The number of benzene rings is 3. The van der Waals surface area contributed by atoms with Crippen LogP contribution in [0.1, 0.15) is 22.6 Å². The fraction of sp³-hybridized carbons (Fsp3) is 0.200. The lowest BCUT2D eigenvalue weighted by Gasteiger charge is -2.17. The summed E-state index contributed by atoms with van der Waals surface area (Å²) >= 11 is 1.62. The highest BCUT2D eigenvalue weighted by atomic mass is 32.2. The van der Waals surface area contributed by atoms with Crippen molar-refractivity contribution >= 4 is 23.8 Å².